The van der Waals surface area contributed by atoms with Crippen molar-refractivity contribution >= 4 is 120 Å². The van der Waals surface area contributed by atoms with Crippen LogP contribution in [0.3, 0.4) is 0 Å². The number of thioether (sulfide) groups is 1. The molecule has 10 fully saturated rings. The molecule has 0 spiro atoms. The van der Waals surface area contributed by atoms with Crippen LogP contribution in [0.25, 0.3) is 57.5 Å². The topological polar surface area (TPSA) is 159 Å². The third-order valence-electron chi connectivity index (χ3n) is 27.4. The average molecular weight is 1570 g/mol. The first-order valence-corrected chi connectivity index (χ1v) is 44.8. The number of aliphatic carboxylic acids is 1. The first-order valence-electron chi connectivity index (χ1n) is 41.9. The molecular formula is C90H106N8O5S4Zn. The summed E-state index contributed by atoms with van der Waals surface area (Å²) in [6.07, 6.45) is 57.7. The van der Waals surface area contributed by atoms with Gasteiger partial charge in [0.05, 0.1) is 27.3 Å². The van der Waals surface area contributed by atoms with Gasteiger partial charge in [-0.25, -0.2) is 9.97 Å². The fourth-order valence-electron chi connectivity index (χ4n) is 22.2. The van der Waals surface area contributed by atoms with E-state index in [-0.39, 0.29) is 46.2 Å². The van der Waals surface area contributed by atoms with Crippen LogP contribution in [0.5, 0.6) is 0 Å². The monoisotopic (exact) mass is 1570 g/mol. The summed E-state index contributed by atoms with van der Waals surface area (Å²) in [5.41, 5.74) is 13.1. The van der Waals surface area contributed by atoms with Crippen LogP contribution in [0.15, 0.2) is 45.5 Å². The molecule has 5 atom stereocenters. The van der Waals surface area contributed by atoms with Gasteiger partial charge in [0.25, 0.3) is 16.2 Å². The summed E-state index contributed by atoms with van der Waals surface area (Å²) in [6, 6.07) is 11.0. The van der Waals surface area contributed by atoms with Crippen molar-refractivity contribution in [3.8, 4) is 23.7 Å². The van der Waals surface area contributed by atoms with E-state index >= 15 is 0 Å². The maximum absolute atomic E-state index is 14.3. The minimum absolute atomic E-state index is 0. The first kappa shape index (κ1) is 76.0. The van der Waals surface area contributed by atoms with Crippen LogP contribution in [0, 0.1) is 80.4 Å². The van der Waals surface area contributed by atoms with E-state index in [9.17, 15) is 24.3 Å². The minimum atomic E-state index is -1.15. The van der Waals surface area contributed by atoms with Gasteiger partial charge in [0.2, 0.25) is 0 Å². The number of fused-ring (bicyclic) bond motifs is 11. The molecule has 8 bridgehead atoms. The van der Waals surface area contributed by atoms with Crippen molar-refractivity contribution in [2.75, 3.05) is 6.54 Å². The number of carbonyl (C=O) groups excluding carboxylic acids is 1. The number of hydrogen-bond donors (Lipinski definition) is 1. The Labute approximate surface area is 667 Å². The van der Waals surface area contributed by atoms with Crippen LogP contribution < -0.4 is 30.2 Å². The van der Waals surface area contributed by atoms with Crippen LogP contribution in [0.1, 0.15) is 295 Å². The van der Waals surface area contributed by atoms with E-state index in [4.69, 9.17) is 32.2 Å². The largest absolute Gasteiger partial charge is 2.00 e. The van der Waals surface area contributed by atoms with Gasteiger partial charge in [-0.05, 0) is 231 Å². The zero-order chi connectivity index (χ0) is 72.8. The van der Waals surface area contributed by atoms with Gasteiger partial charge in [-0.1, -0.05) is 191 Å². The number of likely N-dealkylation sites (tertiary alicyclic amines) is 1. The SMILES string of the molecule is CCN1C(=O)C(=S)S/C1=c1\c(=O)s/c(=c2/sc(=CC3CCC(C#Cc4c5nc(c(C6CCCCC6)c6ccc([n-]6)c(C#CC6CCC7C(C6)C6CCCCC6N7C6CCC(C=C(C7CCCCC7)C7CCCCC7)CC6)c6nc(c(C7CCCCC7)c7ccc4[n-]7)C=C6)C=C5)CC3)c(=O)n2CC(=O)O)n1CC.[Zn+2]. The van der Waals surface area contributed by atoms with Gasteiger partial charge in [-0.2, -0.15) is 0 Å². The number of thiazole rings is 2. The van der Waals surface area contributed by atoms with E-state index in [2.05, 4.69) is 83.2 Å². The molecule has 562 valence electrons. The molecule has 2 saturated heterocycles. The van der Waals surface area contributed by atoms with Crippen molar-refractivity contribution in [1.82, 2.24) is 38.9 Å². The second-order valence-corrected chi connectivity index (χ2v) is 37.3. The summed E-state index contributed by atoms with van der Waals surface area (Å²) in [6.45, 7) is 3.88. The number of carboxylic acid groups (broad SMARTS) is 1. The molecule has 13 nitrogen and oxygen atoms in total. The number of aromatic nitrogens is 6. The maximum Gasteiger partial charge on any atom is 2.00 e. The number of thiocarbonyl (C=S) groups is 1. The number of amides is 1. The van der Waals surface area contributed by atoms with Crippen molar-refractivity contribution in [2.24, 2.45) is 47.3 Å². The molecule has 1 amide bonds. The van der Waals surface area contributed by atoms with E-state index in [0.717, 1.165) is 179 Å². The Morgan fingerprint density at radius 2 is 1.07 bits per heavy atom. The summed E-state index contributed by atoms with van der Waals surface area (Å²) in [7, 11) is 0. The number of hydrogen-bond acceptors (Lipinski definition) is 11. The number of rotatable bonds is 11. The Morgan fingerprint density at radius 1 is 0.565 bits per heavy atom. The summed E-state index contributed by atoms with van der Waals surface area (Å²) in [5, 5.41) is 10.9. The van der Waals surface area contributed by atoms with Crippen LogP contribution in [0.2, 0.25) is 0 Å². The van der Waals surface area contributed by atoms with Crippen molar-refractivity contribution in [1.29, 1.82) is 0 Å². The van der Waals surface area contributed by atoms with Crippen molar-refractivity contribution in [3.63, 3.8) is 0 Å². The average Bonchev–Trinajstić information content (AvgIpc) is 1.60. The summed E-state index contributed by atoms with van der Waals surface area (Å²) < 4.78 is 4.32. The van der Waals surface area contributed by atoms with Crippen molar-refractivity contribution < 1.29 is 34.2 Å². The normalized spacial score (nSPS) is 27.7. The van der Waals surface area contributed by atoms with E-state index in [1.807, 2.05) is 25.5 Å². The molecule has 0 aromatic carbocycles. The van der Waals surface area contributed by atoms with E-state index in [0.29, 0.717) is 61.1 Å². The van der Waals surface area contributed by atoms with Crippen LogP contribution >= 0.6 is 46.7 Å². The molecule has 12 aliphatic rings. The summed E-state index contributed by atoms with van der Waals surface area (Å²) in [5.74, 6) is 19.2. The van der Waals surface area contributed by atoms with E-state index < -0.39 is 18.1 Å². The van der Waals surface area contributed by atoms with E-state index in [1.165, 1.54) is 199 Å². The fraction of sp³-hybridized carbons (Fsp3) is 0.589. The molecule has 1 N–H and O–H groups in total. The predicted octanol–water partition coefficient (Wildman–Crippen LogP) is 18.1. The first-order chi connectivity index (χ1) is 52.4. The summed E-state index contributed by atoms with van der Waals surface area (Å²) in [4.78, 5) is 81.0. The van der Waals surface area contributed by atoms with Gasteiger partial charge in [0.1, 0.15) is 30.4 Å². The molecule has 5 unspecified atom stereocenters. The predicted molar refractivity (Wildman–Crippen MR) is 440 cm³/mol. The quantitative estimate of drug-likeness (QED) is 0.0566. The zero-order valence-electron chi connectivity index (χ0n) is 63.6. The Bertz CT molecular complexity index is 5010. The van der Waals surface area contributed by atoms with E-state index in [1.54, 1.807) is 4.57 Å². The van der Waals surface area contributed by atoms with Gasteiger partial charge in [-0.3, -0.25) is 33.5 Å². The number of nitrogens with zero attached hydrogens (tertiary/aromatic N) is 8. The standard InChI is InChI=1S/C90H108N8O5S4.Zn/c1-3-95-83(86-96(4-2)85(102)90(104)107-86)89(103)106-87(95)88-97(54-80(99)100)84(101)79(105-88)53-58-31-29-55(30-32-58)35-40-65-69-42-46-73(91-69)81(61-23-13-7-14-24-61)75-48-44-71(93-75)66(72-45-49-76(94-72)82(62-25-15-8-16-26-62)74-47-43-70(65)92-74)41-36-57-37-50-78-68(52-57)64-27-17-18-28-77(64)98(78)63-38-33-56(34-39-63)51-67(59-19-9-5-10-20-59)60-21-11-6-12-22-60;/h42-49,51,53,55-64,68,77-78H,3-34,37-39,50,52,54H2,1-2H3,(H3,91,92,93,94,99,100,102,104);/q;+2/p-2/b69-65?,70-65?,71-66?,72-66?,79-53?,81-73?,81-75?,82-74?,82-76?,86-83+,88-87+;. The number of carboxylic acids is 1. The van der Waals surface area contributed by atoms with Gasteiger partial charge < -0.3 is 19.6 Å². The van der Waals surface area contributed by atoms with Crippen LogP contribution in [-0.2, 0) is 42.2 Å². The minimum Gasteiger partial charge on any atom is -0.656 e. The Morgan fingerprint density at radius 3 is 1.65 bits per heavy atom. The Balaban J connectivity index is 0.00000890. The number of allylic oxidation sites excluding steroid dienone is 2. The zero-order valence-corrected chi connectivity index (χ0v) is 69.9. The summed E-state index contributed by atoms with van der Waals surface area (Å²) >= 11 is 8.68. The second kappa shape index (κ2) is 33.8. The van der Waals surface area contributed by atoms with Gasteiger partial charge >= 0.3 is 25.4 Å². The molecule has 0 radical (unpaired) electrons. The molecule has 5 aromatic rings. The van der Waals surface area contributed by atoms with Crippen molar-refractivity contribution in [3.05, 3.63) is 120 Å². The molecule has 17 rings (SSSR count). The third kappa shape index (κ3) is 15.4. The molecule has 8 saturated carbocycles. The molecule has 108 heavy (non-hydrogen) atoms. The van der Waals surface area contributed by atoms with Gasteiger partial charge in [-0.15, -0.1) is 33.4 Å². The molecule has 18 heteroatoms. The number of carbonyl (C=O) groups is 2. The molecular weight excluding hydrogens is 1470 g/mol. The smallest absolute Gasteiger partial charge is 0.656 e. The third-order valence-corrected chi connectivity index (χ3v) is 31.0. The molecule has 9 heterocycles. The van der Waals surface area contributed by atoms with Gasteiger partial charge in [0, 0.05) is 54.2 Å². The fourth-order valence-corrected chi connectivity index (χ4v) is 25.9. The van der Waals surface area contributed by atoms with Crippen LogP contribution in [-0.4, -0.2) is 74.8 Å². The Hall–Kier alpha value is -5.98. The van der Waals surface area contributed by atoms with Crippen LogP contribution in [0.4, 0.5) is 0 Å². The second-order valence-electron chi connectivity index (χ2n) is 33.6. The maximum atomic E-state index is 14.3. The molecule has 5 aromatic heterocycles. The molecule has 8 aliphatic carbocycles. The molecule has 4 aliphatic heterocycles. The van der Waals surface area contributed by atoms with Gasteiger partial charge in [0.15, 0.2) is 0 Å². The van der Waals surface area contributed by atoms with Crippen molar-refractivity contribution in [2.45, 2.75) is 282 Å². The Kier molecular flexibility index (Phi) is 23.8.